The van der Waals surface area contributed by atoms with Gasteiger partial charge in [0.15, 0.2) is 5.82 Å². The van der Waals surface area contributed by atoms with Gasteiger partial charge in [0.05, 0.1) is 5.92 Å². The van der Waals surface area contributed by atoms with E-state index in [1.807, 2.05) is 30.3 Å². The van der Waals surface area contributed by atoms with Gasteiger partial charge in [-0.2, -0.15) is 0 Å². The first kappa shape index (κ1) is 21.6. The molecule has 32 heavy (non-hydrogen) atoms. The van der Waals surface area contributed by atoms with Crippen LogP contribution in [0.3, 0.4) is 0 Å². The molecule has 0 bridgehead atoms. The van der Waals surface area contributed by atoms with Gasteiger partial charge in [-0.1, -0.05) is 60.7 Å². The first-order chi connectivity index (χ1) is 15.6. The molecule has 1 aromatic heterocycles. The van der Waals surface area contributed by atoms with Crippen molar-refractivity contribution in [1.29, 1.82) is 0 Å². The van der Waals surface area contributed by atoms with E-state index in [-0.39, 0.29) is 17.7 Å². The number of nitrogens with zero attached hydrogens (tertiary/aromatic N) is 4. The second-order valence-corrected chi connectivity index (χ2v) is 8.11. The molecule has 1 aliphatic heterocycles. The van der Waals surface area contributed by atoms with Crippen LogP contribution in [0.4, 0.5) is 0 Å². The lowest BCUT2D eigenvalue weighted by atomic mass is 9.91. The van der Waals surface area contributed by atoms with Crippen molar-refractivity contribution in [3.63, 3.8) is 0 Å². The van der Waals surface area contributed by atoms with Crippen molar-refractivity contribution in [2.45, 2.75) is 6.42 Å². The molecule has 2 amide bonds. The molecule has 4 rings (SSSR count). The third-order valence-corrected chi connectivity index (χ3v) is 5.96. The summed E-state index contributed by atoms with van der Waals surface area (Å²) < 4.78 is 1.72. The van der Waals surface area contributed by atoms with Crippen LogP contribution in [0.5, 0.6) is 0 Å². The highest BCUT2D eigenvalue weighted by molar-refractivity contribution is 5.92. The van der Waals surface area contributed by atoms with Crippen LogP contribution in [0.2, 0.25) is 0 Å². The molecule has 2 heterocycles. The second-order valence-electron chi connectivity index (χ2n) is 8.11. The van der Waals surface area contributed by atoms with Crippen molar-refractivity contribution < 1.29 is 9.59 Å². The highest BCUT2D eigenvalue weighted by Crippen LogP contribution is 2.27. The lowest BCUT2D eigenvalue weighted by Gasteiger charge is -2.24. The summed E-state index contributed by atoms with van der Waals surface area (Å²) in [6.07, 6.45) is 5.67. The molecular formula is C26H28N4O2. The maximum Gasteiger partial charge on any atom is 0.289 e. The van der Waals surface area contributed by atoms with Crippen molar-refractivity contribution in [3.05, 3.63) is 91.0 Å². The van der Waals surface area contributed by atoms with Crippen LogP contribution in [0.1, 0.15) is 16.2 Å². The number of hydrogen-bond acceptors (Lipinski definition) is 3. The molecule has 1 fully saturated rings. The van der Waals surface area contributed by atoms with Crippen LogP contribution in [-0.2, 0) is 18.3 Å². The Kier molecular flexibility index (Phi) is 6.50. The Bertz CT molecular complexity index is 1110. The Balaban J connectivity index is 1.65. The minimum absolute atomic E-state index is 0.0582. The van der Waals surface area contributed by atoms with E-state index >= 15 is 0 Å². The van der Waals surface area contributed by atoms with E-state index < -0.39 is 0 Å². The summed E-state index contributed by atoms with van der Waals surface area (Å²) >= 11 is 0. The van der Waals surface area contributed by atoms with Crippen LogP contribution in [0, 0.1) is 5.92 Å². The molecule has 1 aliphatic rings. The molecule has 0 saturated carbocycles. The largest absolute Gasteiger partial charge is 0.337 e. The summed E-state index contributed by atoms with van der Waals surface area (Å²) in [4.78, 5) is 34.4. The number of rotatable bonds is 6. The summed E-state index contributed by atoms with van der Waals surface area (Å²) in [6.45, 7) is 5.59. The number of benzene rings is 2. The first-order valence-electron chi connectivity index (χ1n) is 10.9. The molecule has 6 heteroatoms. The number of amides is 2. The maximum atomic E-state index is 13.4. The van der Waals surface area contributed by atoms with Gasteiger partial charge in [0.2, 0.25) is 5.91 Å². The van der Waals surface area contributed by atoms with Crippen molar-refractivity contribution in [2.75, 3.05) is 26.2 Å². The van der Waals surface area contributed by atoms with Crippen molar-refractivity contribution >= 4 is 11.8 Å². The van der Waals surface area contributed by atoms with Gasteiger partial charge in [-0.15, -0.1) is 6.58 Å². The normalized spacial score (nSPS) is 16.7. The molecule has 1 atom stereocenters. The van der Waals surface area contributed by atoms with E-state index in [1.165, 1.54) is 0 Å². The zero-order chi connectivity index (χ0) is 22.5. The Hall–Kier alpha value is -3.67. The van der Waals surface area contributed by atoms with Crippen molar-refractivity contribution in [1.82, 2.24) is 19.4 Å². The fraction of sp³-hybridized carbons (Fsp3) is 0.269. The van der Waals surface area contributed by atoms with Gasteiger partial charge in [0.1, 0.15) is 0 Å². The Morgan fingerprint density at radius 2 is 1.88 bits per heavy atom. The lowest BCUT2D eigenvalue weighted by molar-refractivity contribution is -0.134. The number of hydrogen-bond donors (Lipinski definition) is 0. The maximum absolute atomic E-state index is 13.4. The molecule has 0 spiro atoms. The topological polar surface area (TPSA) is 58.4 Å². The first-order valence-corrected chi connectivity index (χ1v) is 10.9. The van der Waals surface area contributed by atoms with E-state index in [0.717, 1.165) is 16.7 Å². The van der Waals surface area contributed by atoms with E-state index in [0.29, 0.717) is 38.4 Å². The van der Waals surface area contributed by atoms with Crippen molar-refractivity contribution in [3.8, 4) is 11.1 Å². The van der Waals surface area contributed by atoms with Gasteiger partial charge in [-0.3, -0.25) is 9.59 Å². The highest BCUT2D eigenvalue weighted by atomic mass is 16.2. The summed E-state index contributed by atoms with van der Waals surface area (Å²) in [5, 5.41) is 0. The van der Waals surface area contributed by atoms with Crippen LogP contribution in [0.15, 0.2) is 79.6 Å². The molecule has 1 saturated heterocycles. The molecule has 0 N–H and O–H groups in total. The molecule has 1 unspecified atom stereocenters. The standard InChI is InChI=1S/C26H28N4O2/c1-3-14-29-16-17-30(26(32)24-27-13-15-28(24)2)19-22(25(29)31)18-21-11-7-8-12-23(21)20-9-5-4-6-10-20/h3-13,15,22H,1,14,16-19H2,2H3. The van der Waals surface area contributed by atoms with Crippen LogP contribution < -0.4 is 0 Å². The number of aromatic nitrogens is 2. The molecule has 2 aromatic carbocycles. The second kappa shape index (κ2) is 9.64. The average Bonchev–Trinajstić information content (AvgIpc) is 3.19. The monoisotopic (exact) mass is 428 g/mol. The van der Waals surface area contributed by atoms with Gasteiger partial charge in [-0.25, -0.2) is 4.98 Å². The average molecular weight is 429 g/mol. The predicted octanol–water partition coefficient (Wildman–Crippen LogP) is 3.42. The molecule has 3 aromatic rings. The highest BCUT2D eigenvalue weighted by Gasteiger charge is 2.33. The van der Waals surface area contributed by atoms with E-state index in [1.54, 1.807) is 39.9 Å². The third kappa shape index (κ3) is 4.49. The molecule has 6 nitrogen and oxygen atoms in total. The number of carbonyl (C=O) groups excluding carboxylic acids is 2. The summed E-state index contributed by atoms with van der Waals surface area (Å²) in [7, 11) is 1.81. The molecular weight excluding hydrogens is 400 g/mol. The predicted molar refractivity (Wildman–Crippen MR) is 125 cm³/mol. The zero-order valence-electron chi connectivity index (χ0n) is 18.4. The van der Waals surface area contributed by atoms with Gasteiger partial charge < -0.3 is 14.4 Å². The minimum atomic E-state index is -0.341. The summed E-state index contributed by atoms with van der Waals surface area (Å²) in [5.41, 5.74) is 3.33. The fourth-order valence-electron chi connectivity index (χ4n) is 4.29. The Labute approximate surface area is 188 Å². The van der Waals surface area contributed by atoms with Gasteiger partial charge in [0.25, 0.3) is 5.91 Å². The number of imidazole rings is 1. The van der Waals surface area contributed by atoms with Gasteiger partial charge in [0, 0.05) is 45.6 Å². The summed E-state index contributed by atoms with van der Waals surface area (Å²) in [5.74, 6) is -0.0420. The Morgan fingerprint density at radius 3 is 2.59 bits per heavy atom. The van der Waals surface area contributed by atoms with E-state index in [4.69, 9.17) is 0 Å². The molecule has 164 valence electrons. The van der Waals surface area contributed by atoms with E-state index in [2.05, 4.69) is 35.8 Å². The van der Waals surface area contributed by atoms with Crippen LogP contribution >= 0.6 is 0 Å². The third-order valence-electron chi connectivity index (χ3n) is 5.96. The summed E-state index contributed by atoms with van der Waals surface area (Å²) in [6, 6.07) is 18.4. The quantitative estimate of drug-likeness (QED) is 0.566. The minimum Gasteiger partial charge on any atom is -0.337 e. The van der Waals surface area contributed by atoms with Crippen molar-refractivity contribution in [2.24, 2.45) is 13.0 Å². The molecule has 0 aliphatic carbocycles. The lowest BCUT2D eigenvalue weighted by Crippen LogP contribution is -2.38. The molecule has 0 radical (unpaired) electrons. The van der Waals surface area contributed by atoms with Crippen LogP contribution in [0.25, 0.3) is 11.1 Å². The van der Waals surface area contributed by atoms with Gasteiger partial charge in [-0.05, 0) is 23.1 Å². The van der Waals surface area contributed by atoms with Crippen LogP contribution in [-0.4, -0.2) is 57.3 Å². The number of carbonyl (C=O) groups is 2. The van der Waals surface area contributed by atoms with E-state index in [9.17, 15) is 9.59 Å². The number of aryl methyl sites for hydroxylation is 1. The fourth-order valence-corrected chi connectivity index (χ4v) is 4.29. The smallest absolute Gasteiger partial charge is 0.289 e. The van der Waals surface area contributed by atoms with Gasteiger partial charge >= 0.3 is 0 Å². The Morgan fingerprint density at radius 1 is 1.12 bits per heavy atom. The zero-order valence-corrected chi connectivity index (χ0v) is 18.4. The SMILES string of the molecule is C=CCN1CCN(C(=O)c2nccn2C)CC(Cc2ccccc2-c2ccccc2)C1=O.